The molecule has 1 aliphatic heterocycles. The van der Waals surface area contributed by atoms with Gasteiger partial charge in [-0.05, 0) is 36.5 Å². The van der Waals surface area contributed by atoms with Crippen molar-refractivity contribution < 1.29 is 19.4 Å². The first-order valence-corrected chi connectivity index (χ1v) is 11.3. The van der Waals surface area contributed by atoms with E-state index in [1.54, 1.807) is 0 Å². The number of nitrogens with zero attached hydrogens (tertiary/aromatic N) is 1. The molecule has 1 spiro atoms. The lowest BCUT2D eigenvalue weighted by Gasteiger charge is -2.31. The summed E-state index contributed by atoms with van der Waals surface area (Å²) in [5, 5.41) is 10.7. The topological polar surface area (TPSA) is 66.8 Å². The summed E-state index contributed by atoms with van der Waals surface area (Å²) in [5.41, 5.74) is 2.62. The van der Waals surface area contributed by atoms with Crippen LogP contribution < -0.4 is 0 Å². The van der Waals surface area contributed by atoms with Gasteiger partial charge in [-0.3, -0.25) is 14.5 Å². The average Bonchev–Trinajstić information content (AvgIpc) is 3.00. The summed E-state index contributed by atoms with van der Waals surface area (Å²) in [6, 6.07) is 17.9. The minimum atomic E-state index is -0.929. The van der Waals surface area contributed by atoms with E-state index in [2.05, 4.69) is 0 Å². The molecule has 1 N–H and O–H groups in total. The number of ether oxygens (including phenoxy) is 1. The van der Waals surface area contributed by atoms with Gasteiger partial charge in [-0.25, -0.2) is 0 Å². The maximum atomic E-state index is 13.0. The quantitative estimate of drug-likeness (QED) is 0.682. The van der Waals surface area contributed by atoms with E-state index >= 15 is 0 Å². The normalized spacial score (nSPS) is 20.3. The van der Waals surface area contributed by atoms with Crippen LogP contribution in [0.15, 0.2) is 54.6 Å². The van der Waals surface area contributed by atoms with Crippen molar-refractivity contribution in [3.8, 4) is 0 Å². The summed E-state index contributed by atoms with van der Waals surface area (Å²) in [6.45, 7) is 2.07. The highest BCUT2D eigenvalue weighted by atomic mass is 16.5. The fourth-order valence-corrected chi connectivity index (χ4v) is 5.01. The van der Waals surface area contributed by atoms with Crippen molar-refractivity contribution in [3.63, 3.8) is 0 Å². The van der Waals surface area contributed by atoms with Crippen molar-refractivity contribution in [3.05, 3.63) is 71.3 Å². The number of hydrogen-bond donors (Lipinski definition) is 1. The van der Waals surface area contributed by atoms with Crippen molar-refractivity contribution in [2.75, 3.05) is 13.2 Å². The summed E-state index contributed by atoms with van der Waals surface area (Å²) in [6.07, 6.45) is 3.71. The van der Waals surface area contributed by atoms with E-state index in [1.165, 1.54) is 4.90 Å². The first-order valence-electron chi connectivity index (χ1n) is 11.3. The Labute approximate surface area is 184 Å². The molecule has 2 aromatic rings. The number of rotatable bonds is 7. The molecule has 2 aliphatic rings. The molecule has 1 heterocycles. The number of aliphatic hydroxyl groups is 1. The molecule has 0 aromatic heterocycles. The van der Waals surface area contributed by atoms with E-state index in [0.29, 0.717) is 0 Å². The van der Waals surface area contributed by atoms with Gasteiger partial charge in [0.25, 0.3) is 0 Å². The average molecular weight is 422 g/mol. The lowest BCUT2D eigenvalue weighted by Crippen LogP contribution is -2.42. The number of imide groups is 1. The summed E-state index contributed by atoms with van der Waals surface area (Å²) in [5.74, 6) is -0.265. The third kappa shape index (κ3) is 4.58. The third-order valence-electron chi connectivity index (χ3n) is 6.72. The Bertz CT molecular complexity index is 920. The number of carbonyl (C=O) groups is 2. The van der Waals surface area contributed by atoms with E-state index in [1.807, 2.05) is 61.5 Å². The minimum Gasteiger partial charge on any atom is -0.389 e. The summed E-state index contributed by atoms with van der Waals surface area (Å²) in [4.78, 5) is 26.8. The molecule has 5 nitrogen and oxygen atoms in total. The number of hydrogen-bond acceptors (Lipinski definition) is 4. The summed E-state index contributed by atoms with van der Waals surface area (Å²) in [7, 11) is 0. The third-order valence-corrected chi connectivity index (χ3v) is 6.72. The molecular formula is C26H31NO4. The number of β-amino-alcohol motifs (C(OH)–C–C–N with tert-alkyl or cyclic N) is 1. The van der Waals surface area contributed by atoms with E-state index in [9.17, 15) is 14.7 Å². The highest BCUT2D eigenvalue weighted by molar-refractivity contribution is 6.06. The first kappa shape index (κ1) is 21.7. The van der Waals surface area contributed by atoms with Gasteiger partial charge in [-0.1, -0.05) is 73.9 Å². The van der Waals surface area contributed by atoms with Gasteiger partial charge in [0.15, 0.2) is 0 Å². The molecule has 1 aliphatic carbocycles. The predicted octanol–water partition coefficient (Wildman–Crippen LogP) is 4.17. The van der Waals surface area contributed by atoms with Gasteiger partial charge in [0, 0.05) is 6.42 Å². The van der Waals surface area contributed by atoms with Crippen molar-refractivity contribution in [1.82, 2.24) is 4.90 Å². The fraction of sp³-hybridized carbons (Fsp3) is 0.462. The monoisotopic (exact) mass is 421 g/mol. The smallest absolute Gasteiger partial charge is 0.235 e. The Morgan fingerprint density at radius 1 is 1.00 bits per heavy atom. The van der Waals surface area contributed by atoms with Crippen LogP contribution in [0.4, 0.5) is 0 Å². The Hall–Kier alpha value is -2.50. The molecule has 1 saturated heterocycles. The van der Waals surface area contributed by atoms with Crippen molar-refractivity contribution in [2.24, 2.45) is 5.41 Å². The molecule has 2 amide bonds. The molecule has 2 aromatic carbocycles. The highest BCUT2D eigenvalue weighted by Crippen LogP contribution is 2.45. The molecule has 4 rings (SSSR count). The van der Waals surface area contributed by atoms with Crippen molar-refractivity contribution in [1.29, 1.82) is 0 Å². The van der Waals surface area contributed by atoms with Crippen LogP contribution in [0.1, 0.15) is 61.3 Å². The second kappa shape index (κ2) is 9.33. The standard InChI is InChI=1S/C26H31NO4/c1-19-10-6-7-13-22(19)24(20-11-4-2-5-12-20)31-18-21(28)17-27-23(29)16-26(25(27)30)14-8-3-9-15-26/h2,4-7,10-13,21,24,28H,3,8-9,14-18H2,1H3/t21-,24-/m0/s1. The molecule has 0 bridgehead atoms. The zero-order chi connectivity index (χ0) is 21.8. The molecule has 0 radical (unpaired) electrons. The largest absolute Gasteiger partial charge is 0.389 e. The van der Waals surface area contributed by atoms with Crippen LogP contribution >= 0.6 is 0 Å². The fourth-order valence-electron chi connectivity index (χ4n) is 5.01. The van der Waals surface area contributed by atoms with Crippen LogP contribution in [0, 0.1) is 12.3 Å². The SMILES string of the molecule is Cc1ccccc1[C@@H](OC[C@@H](O)CN1C(=O)CC2(CCCCC2)C1=O)c1ccccc1. The molecule has 31 heavy (non-hydrogen) atoms. The zero-order valence-corrected chi connectivity index (χ0v) is 18.1. The predicted molar refractivity (Wildman–Crippen MR) is 118 cm³/mol. The number of benzene rings is 2. The van der Waals surface area contributed by atoms with Gasteiger partial charge in [0.1, 0.15) is 6.10 Å². The van der Waals surface area contributed by atoms with Gasteiger partial charge >= 0.3 is 0 Å². The highest BCUT2D eigenvalue weighted by Gasteiger charge is 2.51. The Morgan fingerprint density at radius 2 is 1.68 bits per heavy atom. The lowest BCUT2D eigenvalue weighted by molar-refractivity contribution is -0.144. The minimum absolute atomic E-state index is 0.00526. The van der Waals surface area contributed by atoms with E-state index in [4.69, 9.17) is 4.74 Å². The van der Waals surface area contributed by atoms with Crippen molar-refractivity contribution >= 4 is 11.8 Å². The lowest BCUT2D eigenvalue weighted by atomic mass is 9.73. The second-order valence-electron chi connectivity index (χ2n) is 8.96. The molecular weight excluding hydrogens is 390 g/mol. The van der Waals surface area contributed by atoms with Crippen LogP contribution in [-0.4, -0.2) is 41.1 Å². The van der Waals surface area contributed by atoms with Gasteiger partial charge in [0.05, 0.1) is 24.7 Å². The van der Waals surface area contributed by atoms with Crippen LogP contribution in [-0.2, 0) is 14.3 Å². The molecule has 2 atom stereocenters. The number of aliphatic hydroxyl groups excluding tert-OH is 1. The van der Waals surface area contributed by atoms with Gasteiger partial charge in [-0.15, -0.1) is 0 Å². The molecule has 1 saturated carbocycles. The number of aryl methyl sites for hydroxylation is 1. The molecule has 164 valence electrons. The second-order valence-corrected chi connectivity index (χ2v) is 8.96. The van der Waals surface area contributed by atoms with Crippen molar-refractivity contribution in [2.45, 2.75) is 57.7 Å². The van der Waals surface area contributed by atoms with Crippen LogP contribution in [0.25, 0.3) is 0 Å². The molecule has 2 fully saturated rings. The van der Waals surface area contributed by atoms with Crippen LogP contribution in [0.3, 0.4) is 0 Å². The van der Waals surface area contributed by atoms with Gasteiger partial charge in [0.2, 0.25) is 11.8 Å². The number of amides is 2. The number of likely N-dealkylation sites (tertiary alicyclic amines) is 1. The summed E-state index contributed by atoms with van der Waals surface area (Å²) < 4.78 is 6.18. The Balaban J connectivity index is 1.44. The van der Waals surface area contributed by atoms with Crippen LogP contribution in [0.2, 0.25) is 0 Å². The zero-order valence-electron chi connectivity index (χ0n) is 18.1. The van der Waals surface area contributed by atoms with Gasteiger partial charge in [-0.2, -0.15) is 0 Å². The summed E-state index contributed by atoms with van der Waals surface area (Å²) >= 11 is 0. The van der Waals surface area contributed by atoms with Crippen LogP contribution in [0.5, 0.6) is 0 Å². The van der Waals surface area contributed by atoms with E-state index in [0.717, 1.165) is 48.8 Å². The maximum Gasteiger partial charge on any atom is 0.235 e. The van der Waals surface area contributed by atoms with Gasteiger partial charge < -0.3 is 9.84 Å². The number of carbonyl (C=O) groups excluding carboxylic acids is 2. The first-order chi connectivity index (χ1) is 15.0. The van der Waals surface area contributed by atoms with E-state index < -0.39 is 11.5 Å². The molecule has 0 unspecified atom stereocenters. The molecule has 5 heteroatoms. The maximum absolute atomic E-state index is 13.0. The van der Waals surface area contributed by atoms with E-state index in [-0.39, 0.29) is 37.5 Å². The Morgan fingerprint density at radius 3 is 2.39 bits per heavy atom. The Kier molecular flexibility index (Phi) is 6.54.